The predicted octanol–water partition coefficient (Wildman–Crippen LogP) is 0.610. The van der Waals surface area contributed by atoms with E-state index < -0.39 is 19.1 Å². The van der Waals surface area contributed by atoms with E-state index >= 15 is 0 Å². The molecular weight excluding hydrogens is 341 g/mol. The highest BCUT2D eigenvalue weighted by Gasteiger charge is 2.35. The highest BCUT2D eigenvalue weighted by molar-refractivity contribution is 6.64. The van der Waals surface area contributed by atoms with Gasteiger partial charge in [-0.05, 0) is 40.0 Å². The summed E-state index contributed by atoms with van der Waals surface area (Å²) in [5.41, 5.74) is 0.437. The summed E-state index contributed by atoms with van der Waals surface area (Å²) in [6.07, 6.45) is 0. The first-order valence-electron chi connectivity index (χ1n) is 8.62. The zero-order valence-electron chi connectivity index (χ0n) is 15.6. The Kier molecular flexibility index (Phi) is 7.14. The molecule has 26 heavy (non-hydrogen) atoms. The van der Waals surface area contributed by atoms with Crippen LogP contribution >= 0.6 is 0 Å². The summed E-state index contributed by atoms with van der Waals surface area (Å²) in [7, 11) is 0.470. The summed E-state index contributed by atoms with van der Waals surface area (Å²) >= 11 is 0. The molecule has 0 spiro atoms. The fraction of sp³-hybridized carbons (Fsp3) is 0.529. The van der Waals surface area contributed by atoms with Crippen LogP contribution in [0.15, 0.2) is 12.1 Å². The number of ether oxygens (including phenoxy) is 3. The first-order chi connectivity index (χ1) is 12.5. The number of benzene rings is 1. The van der Waals surface area contributed by atoms with Crippen LogP contribution in [0, 0.1) is 0 Å². The van der Waals surface area contributed by atoms with E-state index in [2.05, 4.69) is 0 Å². The number of nitrogens with zero attached hydrogens (tertiary/aromatic N) is 1. The highest BCUT2D eigenvalue weighted by Crippen LogP contribution is 2.37. The number of carbonyl (C=O) groups is 2. The van der Waals surface area contributed by atoms with Gasteiger partial charge in [0.15, 0.2) is 11.5 Å². The standard InChI is InChI=1S/C17H24BNO7/c1-5-22-13-8-12(9-14(23-6-2)17(13)24-7-3)18-25-15(20)10-19(4)11-16(21)26-18/h8-9H,5-7,10-11H2,1-4H3. The van der Waals surface area contributed by atoms with Crippen LogP contribution in [-0.2, 0) is 18.9 Å². The zero-order chi connectivity index (χ0) is 19.1. The molecule has 1 fully saturated rings. The minimum Gasteiger partial charge on any atom is -0.494 e. The maximum Gasteiger partial charge on any atom is 0.636 e. The molecule has 1 aliphatic rings. The Balaban J connectivity index is 2.42. The zero-order valence-corrected chi connectivity index (χ0v) is 15.6. The Morgan fingerprint density at radius 3 is 1.81 bits per heavy atom. The fourth-order valence-electron chi connectivity index (χ4n) is 2.52. The Hall–Kier alpha value is -2.42. The van der Waals surface area contributed by atoms with Crippen LogP contribution in [0.1, 0.15) is 20.8 Å². The van der Waals surface area contributed by atoms with Crippen molar-refractivity contribution in [1.29, 1.82) is 0 Å². The smallest absolute Gasteiger partial charge is 0.494 e. The first-order valence-corrected chi connectivity index (χ1v) is 8.62. The molecule has 0 aromatic heterocycles. The summed E-state index contributed by atoms with van der Waals surface area (Å²) in [4.78, 5) is 25.5. The van der Waals surface area contributed by atoms with Gasteiger partial charge >= 0.3 is 19.1 Å². The van der Waals surface area contributed by atoms with Gasteiger partial charge in [0.1, 0.15) is 0 Å². The summed E-state index contributed by atoms with van der Waals surface area (Å²) < 4.78 is 27.5. The SMILES string of the molecule is CCOc1cc(B2OC(=O)CN(C)CC(=O)O2)cc(OCC)c1OCC. The number of hydrogen-bond donors (Lipinski definition) is 0. The third kappa shape index (κ3) is 5.04. The average molecular weight is 365 g/mol. The van der Waals surface area contributed by atoms with Crippen LogP contribution < -0.4 is 19.7 Å². The number of hydrogen-bond acceptors (Lipinski definition) is 8. The molecule has 1 aliphatic heterocycles. The molecule has 0 amide bonds. The third-order valence-corrected chi connectivity index (χ3v) is 3.48. The Labute approximate surface area is 153 Å². The molecule has 0 saturated carbocycles. The molecule has 0 atom stereocenters. The molecule has 0 unspecified atom stereocenters. The van der Waals surface area contributed by atoms with E-state index in [1.165, 1.54) is 4.90 Å². The van der Waals surface area contributed by atoms with E-state index in [4.69, 9.17) is 23.5 Å². The van der Waals surface area contributed by atoms with E-state index in [-0.39, 0.29) is 13.1 Å². The minimum atomic E-state index is -1.17. The van der Waals surface area contributed by atoms with Gasteiger partial charge in [-0.2, -0.15) is 0 Å². The van der Waals surface area contributed by atoms with Crippen LogP contribution in [0.5, 0.6) is 17.2 Å². The Morgan fingerprint density at radius 1 is 0.923 bits per heavy atom. The van der Waals surface area contributed by atoms with Gasteiger partial charge in [0.2, 0.25) is 5.75 Å². The molecule has 0 N–H and O–H groups in total. The molecule has 0 aliphatic carbocycles. The van der Waals surface area contributed by atoms with Crippen LogP contribution in [-0.4, -0.2) is 63.9 Å². The van der Waals surface area contributed by atoms with Crippen LogP contribution in [0.2, 0.25) is 0 Å². The second-order valence-electron chi connectivity index (χ2n) is 5.63. The van der Waals surface area contributed by atoms with Crippen molar-refractivity contribution in [3.8, 4) is 17.2 Å². The van der Waals surface area contributed by atoms with E-state index in [0.717, 1.165) is 0 Å². The molecule has 0 bridgehead atoms. The van der Waals surface area contributed by atoms with E-state index in [0.29, 0.717) is 42.5 Å². The quantitative estimate of drug-likeness (QED) is 0.650. The molecule has 1 saturated heterocycles. The molecule has 142 valence electrons. The van der Waals surface area contributed by atoms with Crippen molar-refractivity contribution in [3.05, 3.63) is 12.1 Å². The second kappa shape index (κ2) is 9.33. The van der Waals surface area contributed by atoms with Gasteiger partial charge in [0.05, 0.1) is 32.9 Å². The van der Waals surface area contributed by atoms with Gasteiger partial charge in [0, 0.05) is 5.46 Å². The number of carbonyl (C=O) groups excluding carboxylic acids is 2. The van der Waals surface area contributed by atoms with E-state index in [1.54, 1.807) is 19.2 Å². The lowest BCUT2D eigenvalue weighted by atomic mass is 9.78. The largest absolute Gasteiger partial charge is 0.636 e. The van der Waals surface area contributed by atoms with Crippen molar-refractivity contribution in [3.63, 3.8) is 0 Å². The summed E-state index contributed by atoms with van der Waals surface area (Å²) in [6.45, 7) is 6.78. The molecule has 8 nitrogen and oxygen atoms in total. The van der Waals surface area contributed by atoms with Crippen LogP contribution in [0.4, 0.5) is 0 Å². The second-order valence-corrected chi connectivity index (χ2v) is 5.63. The maximum absolute atomic E-state index is 12.0. The van der Waals surface area contributed by atoms with Crippen molar-refractivity contribution in [2.45, 2.75) is 20.8 Å². The predicted molar refractivity (Wildman–Crippen MR) is 95.0 cm³/mol. The van der Waals surface area contributed by atoms with Crippen molar-refractivity contribution in [2.24, 2.45) is 0 Å². The van der Waals surface area contributed by atoms with Crippen molar-refractivity contribution < 1.29 is 33.1 Å². The molecule has 9 heteroatoms. The maximum atomic E-state index is 12.0. The van der Waals surface area contributed by atoms with Crippen LogP contribution in [0.25, 0.3) is 0 Å². The van der Waals surface area contributed by atoms with Gasteiger partial charge in [0.25, 0.3) is 0 Å². The van der Waals surface area contributed by atoms with Crippen molar-refractivity contribution in [2.75, 3.05) is 40.0 Å². The van der Waals surface area contributed by atoms with Crippen LogP contribution in [0.3, 0.4) is 0 Å². The van der Waals surface area contributed by atoms with E-state index in [1.807, 2.05) is 20.8 Å². The molecule has 0 radical (unpaired) electrons. The number of rotatable bonds is 7. The first kappa shape index (κ1) is 19.9. The van der Waals surface area contributed by atoms with Gasteiger partial charge < -0.3 is 23.5 Å². The summed E-state index contributed by atoms with van der Waals surface area (Å²) in [6, 6.07) is 3.26. The Bertz CT molecular complexity index is 605. The van der Waals surface area contributed by atoms with E-state index in [9.17, 15) is 9.59 Å². The molecule has 1 heterocycles. The molecule has 2 rings (SSSR count). The number of likely N-dealkylation sites (N-methyl/N-ethyl adjacent to an activating group) is 1. The highest BCUT2D eigenvalue weighted by atomic mass is 16.6. The van der Waals surface area contributed by atoms with Gasteiger partial charge in [-0.15, -0.1) is 0 Å². The lowest BCUT2D eigenvalue weighted by molar-refractivity contribution is -0.145. The molecule has 1 aromatic carbocycles. The molecule has 1 aromatic rings. The van der Waals surface area contributed by atoms with Gasteiger partial charge in [-0.3, -0.25) is 14.5 Å². The third-order valence-electron chi connectivity index (χ3n) is 3.48. The van der Waals surface area contributed by atoms with Crippen molar-refractivity contribution in [1.82, 2.24) is 4.90 Å². The van der Waals surface area contributed by atoms with Gasteiger partial charge in [-0.1, -0.05) is 0 Å². The Morgan fingerprint density at radius 2 is 1.38 bits per heavy atom. The lowest BCUT2D eigenvalue weighted by Crippen LogP contribution is -2.47. The van der Waals surface area contributed by atoms with Gasteiger partial charge in [-0.25, -0.2) is 0 Å². The molecular formula is C17H24BNO7. The minimum absolute atomic E-state index is 0.000730. The monoisotopic (exact) mass is 365 g/mol. The normalized spacial score (nSPS) is 15.6. The average Bonchev–Trinajstić information content (AvgIpc) is 2.55. The summed E-state index contributed by atoms with van der Waals surface area (Å²) in [5, 5.41) is 0. The summed E-state index contributed by atoms with van der Waals surface area (Å²) in [5.74, 6) is 0.343. The van der Waals surface area contributed by atoms with Crippen molar-refractivity contribution >= 4 is 24.5 Å². The lowest BCUT2D eigenvalue weighted by Gasteiger charge is -2.23. The topological polar surface area (TPSA) is 83.5 Å². The fourth-order valence-corrected chi connectivity index (χ4v) is 2.52.